The molecule has 0 saturated carbocycles. The number of benzene rings is 3. The molecular formula is C23H20Cl2N4O3. The third-order valence-electron chi connectivity index (χ3n) is 4.85. The summed E-state index contributed by atoms with van der Waals surface area (Å²) >= 11 is 12.0. The van der Waals surface area contributed by atoms with Crippen molar-refractivity contribution in [2.24, 2.45) is 0 Å². The largest absolute Gasteiger partial charge is 0.497 e. The van der Waals surface area contributed by atoms with Gasteiger partial charge in [0, 0.05) is 10.7 Å². The molecule has 4 rings (SSSR count). The number of hydrogen-bond acceptors (Lipinski definition) is 5. The number of aryl methyl sites for hydroxylation is 1. The molecule has 9 heteroatoms. The Hall–Kier alpha value is -3.29. The number of halogens is 2. The van der Waals surface area contributed by atoms with Gasteiger partial charge in [0.05, 0.1) is 17.8 Å². The van der Waals surface area contributed by atoms with Crippen LogP contribution >= 0.6 is 23.2 Å². The minimum absolute atomic E-state index is 0.319. The fourth-order valence-corrected chi connectivity index (χ4v) is 3.54. The van der Waals surface area contributed by atoms with Crippen LogP contribution in [0.3, 0.4) is 0 Å². The molecule has 1 heterocycles. The van der Waals surface area contributed by atoms with Crippen LogP contribution in [0, 0.1) is 6.92 Å². The quantitative estimate of drug-likeness (QED) is 0.405. The monoisotopic (exact) mass is 470 g/mol. The number of methoxy groups -OCH3 is 1. The highest BCUT2D eigenvalue weighted by Gasteiger charge is 2.18. The summed E-state index contributed by atoms with van der Waals surface area (Å²) in [6.07, 6.45) is -0.779. The second kappa shape index (κ2) is 9.06. The Morgan fingerprint density at radius 1 is 1.03 bits per heavy atom. The number of nitrogens with zero attached hydrogens (tertiary/aromatic N) is 3. The summed E-state index contributed by atoms with van der Waals surface area (Å²) < 4.78 is 10.9. The molecule has 1 aromatic heterocycles. The third-order valence-corrected chi connectivity index (χ3v) is 5.39. The minimum Gasteiger partial charge on any atom is -0.497 e. The minimum atomic E-state index is -0.779. The standard InChI is InChI=1S/C23H20Cl2N4O3/c1-13-10-20-21(28-29(27-20)16-5-7-17(31-3)8-6-16)12-19(13)26-23(30)14(2)32-22-9-4-15(24)11-18(22)25/h4-12,14H,1-3H3,(H,26,30)/t14-/m1/s1. The van der Waals surface area contributed by atoms with Crippen LogP contribution in [0.15, 0.2) is 54.6 Å². The Kier molecular flexibility index (Phi) is 6.21. The van der Waals surface area contributed by atoms with E-state index in [4.69, 9.17) is 32.7 Å². The number of fused-ring (bicyclic) bond motifs is 1. The van der Waals surface area contributed by atoms with Crippen molar-refractivity contribution in [2.75, 3.05) is 12.4 Å². The highest BCUT2D eigenvalue weighted by Crippen LogP contribution is 2.29. The van der Waals surface area contributed by atoms with Gasteiger partial charge in [-0.25, -0.2) is 0 Å². The molecule has 0 aliphatic rings. The topological polar surface area (TPSA) is 78.3 Å². The lowest BCUT2D eigenvalue weighted by Crippen LogP contribution is -2.30. The van der Waals surface area contributed by atoms with Crippen LogP contribution in [-0.4, -0.2) is 34.1 Å². The first-order valence-corrected chi connectivity index (χ1v) is 10.5. The van der Waals surface area contributed by atoms with Crippen molar-refractivity contribution in [3.8, 4) is 17.2 Å². The molecule has 0 unspecified atom stereocenters. The van der Waals surface area contributed by atoms with Crippen LogP contribution in [0.2, 0.25) is 10.0 Å². The van der Waals surface area contributed by atoms with Crippen LogP contribution in [-0.2, 0) is 4.79 Å². The Labute approximate surface area is 194 Å². The van der Waals surface area contributed by atoms with Crippen LogP contribution in [0.1, 0.15) is 12.5 Å². The summed E-state index contributed by atoms with van der Waals surface area (Å²) in [7, 11) is 1.62. The smallest absolute Gasteiger partial charge is 0.265 e. The maximum absolute atomic E-state index is 12.7. The molecular weight excluding hydrogens is 451 g/mol. The zero-order valence-corrected chi connectivity index (χ0v) is 19.1. The molecule has 0 radical (unpaired) electrons. The number of anilines is 1. The fraction of sp³-hybridized carbons (Fsp3) is 0.174. The third kappa shape index (κ3) is 4.64. The SMILES string of the molecule is COc1ccc(-n2nc3cc(C)c(NC(=O)[C@@H](C)Oc4ccc(Cl)cc4Cl)cc3n2)cc1. The summed E-state index contributed by atoms with van der Waals surface area (Å²) in [5, 5.41) is 12.8. The summed E-state index contributed by atoms with van der Waals surface area (Å²) in [6, 6.07) is 15.9. The van der Waals surface area contributed by atoms with Gasteiger partial charge in [0.25, 0.3) is 5.91 Å². The number of hydrogen-bond donors (Lipinski definition) is 1. The average molecular weight is 471 g/mol. The molecule has 7 nitrogen and oxygen atoms in total. The molecule has 0 spiro atoms. The normalized spacial score (nSPS) is 11.9. The van der Waals surface area contributed by atoms with Crippen LogP contribution < -0.4 is 14.8 Å². The number of ether oxygens (including phenoxy) is 2. The van der Waals surface area contributed by atoms with E-state index in [0.717, 1.165) is 17.0 Å². The first-order valence-electron chi connectivity index (χ1n) is 9.79. The van der Waals surface area contributed by atoms with Crippen molar-refractivity contribution in [1.29, 1.82) is 0 Å². The van der Waals surface area contributed by atoms with E-state index in [-0.39, 0.29) is 5.91 Å². The van der Waals surface area contributed by atoms with Gasteiger partial charge in [-0.1, -0.05) is 23.2 Å². The van der Waals surface area contributed by atoms with Gasteiger partial charge < -0.3 is 14.8 Å². The van der Waals surface area contributed by atoms with Crippen LogP contribution in [0.25, 0.3) is 16.7 Å². The summed E-state index contributed by atoms with van der Waals surface area (Å²) in [4.78, 5) is 14.3. The second-order valence-corrected chi connectivity index (χ2v) is 8.01. The molecule has 0 aliphatic carbocycles. The van der Waals surface area contributed by atoms with Gasteiger partial charge in [0.15, 0.2) is 6.10 Å². The van der Waals surface area contributed by atoms with Crippen molar-refractivity contribution >= 4 is 45.8 Å². The summed E-state index contributed by atoms with van der Waals surface area (Å²) in [5.74, 6) is 0.817. The van der Waals surface area contributed by atoms with Gasteiger partial charge in [0.1, 0.15) is 22.5 Å². The predicted molar refractivity (Wildman–Crippen MR) is 125 cm³/mol. The van der Waals surface area contributed by atoms with Gasteiger partial charge >= 0.3 is 0 Å². The molecule has 0 aliphatic heterocycles. The number of nitrogens with one attached hydrogen (secondary N) is 1. The maximum Gasteiger partial charge on any atom is 0.265 e. The summed E-state index contributed by atoms with van der Waals surface area (Å²) in [5.41, 5.74) is 3.64. The van der Waals surface area contributed by atoms with E-state index in [9.17, 15) is 4.79 Å². The number of amides is 1. The highest BCUT2D eigenvalue weighted by molar-refractivity contribution is 6.35. The molecule has 164 valence electrons. The lowest BCUT2D eigenvalue weighted by Gasteiger charge is -2.16. The van der Waals surface area contributed by atoms with E-state index < -0.39 is 6.10 Å². The van der Waals surface area contributed by atoms with E-state index in [0.29, 0.717) is 32.5 Å². The van der Waals surface area contributed by atoms with Gasteiger partial charge in [-0.05, 0) is 74.0 Å². The van der Waals surface area contributed by atoms with Crippen molar-refractivity contribution in [2.45, 2.75) is 20.0 Å². The molecule has 1 amide bonds. The van der Waals surface area contributed by atoms with E-state index in [1.807, 2.05) is 37.3 Å². The van der Waals surface area contributed by atoms with E-state index in [1.54, 1.807) is 43.1 Å². The maximum atomic E-state index is 12.7. The van der Waals surface area contributed by atoms with Crippen LogP contribution in [0.5, 0.6) is 11.5 Å². The van der Waals surface area contributed by atoms with Crippen molar-refractivity contribution in [1.82, 2.24) is 15.0 Å². The van der Waals surface area contributed by atoms with E-state index >= 15 is 0 Å². The zero-order chi connectivity index (χ0) is 22.8. The van der Waals surface area contributed by atoms with Crippen molar-refractivity contribution in [3.63, 3.8) is 0 Å². The summed E-state index contributed by atoms with van der Waals surface area (Å²) in [6.45, 7) is 3.54. The van der Waals surface area contributed by atoms with Crippen molar-refractivity contribution in [3.05, 3.63) is 70.2 Å². The molecule has 0 bridgehead atoms. The molecule has 32 heavy (non-hydrogen) atoms. The second-order valence-electron chi connectivity index (χ2n) is 7.17. The van der Waals surface area contributed by atoms with Crippen LogP contribution in [0.4, 0.5) is 5.69 Å². The van der Waals surface area contributed by atoms with Gasteiger partial charge in [-0.15, -0.1) is 10.2 Å². The molecule has 0 saturated heterocycles. The number of carbonyl (C=O) groups is 1. The lowest BCUT2D eigenvalue weighted by molar-refractivity contribution is -0.122. The Balaban J connectivity index is 1.53. The Morgan fingerprint density at radius 2 is 1.72 bits per heavy atom. The predicted octanol–water partition coefficient (Wildman–Crippen LogP) is 5.45. The average Bonchev–Trinajstić information content (AvgIpc) is 3.18. The van der Waals surface area contributed by atoms with Gasteiger partial charge in [-0.3, -0.25) is 4.79 Å². The first kappa shape index (κ1) is 21.9. The van der Waals surface area contributed by atoms with E-state index in [1.165, 1.54) is 0 Å². The zero-order valence-electron chi connectivity index (χ0n) is 17.6. The molecule has 3 aromatic carbocycles. The van der Waals surface area contributed by atoms with E-state index in [2.05, 4.69) is 15.5 Å². The number of carbonyl (C=O) groups excluding carboxylic acids is 1. The fourth-order valence-electron chi connectivity index (χ4n) is 3.08. The molecule has 0 fully saturated rings. The van der Waals surface area contributed by atoms with Gasteiger partial charge in [0.2, 0.25) is 0 Å². The highest BCUT2D eigenvalue weighted by atomic mass is 35.5. The molecule has 1 N–H and O–H groups in total. The Morgan fingerprint density at radius 3 is 2.38 bits per heavy atom. The Bertz CT molecular complexity index is 1290. The van der Waals surface area contributed by atoms with Gasteiger partial charge in [-0.2, -0.15) is 4.80 Å². The lowest BCUT2D eigenvalue weighted by atomic mass is 10.1. The number of rotatable bonds is 6. The molecule has 4 aromatic rings. The molecule has 1 atom stereocenters. The van der Waals surface area contributed by atoms with Crippen molar-refractivity contribution < 1.29 is 14.3 Å². The first-order chi connectivity index (χ1) is 15.3. The number of aromatic nitrogens is 3.